The third-order valence-corrected chi connectivity index (χ3v) is 3.79. The predicted molar refractivity (Wildman–Crippen MR) is 85.3 cm³/mol. The Morgan fingerprint density at radius 2 is 2.05 bits per heavy atom. The van der Waals surface area contributed by atoms with Gasteiger partial charge >= 0.3 is 0 Å². The van der Waals surface area contributed by atoms with E-state index >= 15 is 0 Å². The molecular weight excluding hydrogens is 278 g/mol. The number of H-pyrrole nitrogens is 1. The van der Waals surface area contributed by atoms with Gasteiger partial charge in [-0.3, -0.25) is 4.79 Å². The van der Waals surface area contributed by atoms with Crippen LogP contribution < -0.4 is 10.3 Å². The zero-order valence-corrected chi connectivity index (χ0v) is 12.4. The molecule has 0 saturated heterocycles. The first-order chi connectivity index (χ1) is 10.6. The first-order valence-electron chi connectivity index (χ1n) is 7.11. The van der Waals surface area contributed by atoms with E-state index in [-0.39, 0.29) is 5.56 Å². The highest BCUT2D eigenvalue weighted by atomic mass is 16.5. The fourth-order valence-corrected chi connectivity index (χ4v) is 2.90. The maximum atomic E-state index is 12.0. The molecule has 1 N–H and O–H groups in total. The molecule has 0 bridgehead atoms. The van der Waals surface area contributed by atoms with Crippen LogP contribution in [-0.2, 0) is 6.54 Å². The van der Waals surface area contributed by atoms with Crippen molar-refractivity contribution in [3.05, 3.63) is 52.3 Å². The van der Waals surface area contributed by atoms with Gasteiger partial charge in [0.25, 0.3) is 5.56 Å². The molecular formula is C17H15N3O2. The highest BCUT2D eigenvalue weighted by Gasteiger charge is 2.22. The van der Waals surface area contributed by atoms with E-state index in [1.54, 1.807) is 6.07 Å². The van der Waals surface area contributed by atoms with Gasteiger partial charge in [-0.25, -0.2) is 5.10 Å². The van der Waals surface area contributed by atoms with Crippen molar-refractivity contribution in [2.45, 2.75) is 6.54 Å². The van der Waals surface area contributed by atoms with Gasteiger partial charge in [0, 0.05) is 12.1 Å². The lowest BCUT2D eigenvalue weighted by molar-refractivity contribution is 0.402. The first kappa shape index (κ1) is 13.0. The number of hydrogen-bond donors (Lipinski definition) is 1. The van der Waals surface area contributed by atoms with Gasteiger partial charge in [-0.05, 0) is 43.9 Å². The van der Waals surface area contributed by atoms with Crippen LogP contribution in [-0.4, -0.2) is 29.2 Å². The molecule has 1 aliphatic rings. The summed E-state index contributed by atoms with van der Waals surface area (Å²) in [6, 6.07) is 11.6. The molecule has 4 rings (SSSR count). The lowest BCUT2D eigenvalue weighted by Gasteiger charge is -2.21. The van der Waals surface area contributed by atoms with E-state index in [2.05, 4.69) is 27.2 Å². The molecule has 0 unspecified atom stereocenters. The molecule has 2 heterocycles. The Morgan fingerprint density at radius 3 is 2.86 bits per heavy atom. The normalized spacial score (nSPS) is 12.3. The van der Waals surface area contributed by atoms with E-state index in [4.69, 9.17) is 4.74 Å². The van der Waals surface area contributed by atoms with Crippen LogP contribution in [0, 0.1) is 0 Å². The number of benzene rings is 2. The number of aromatic nitrogens is 2. The number of fused-ring (bicyclic) bond motifs is 2. The van der Waals surface area contributed by atoms with Crippen molar-refractivity contribution in [3.8, 4) is 22.8 Å². The van der Waals surface area contributed by atoms with Gasteiger partial charge < -0.3 is 9.64 Å². The Labute approximate surface area is 127 Å². The number of rotatable bonds is 2. The molecule has 0 spiro atoms. The second kappa shape index (κ2) is 4.68. The number of aromatic amines is 1. The molecule has 1 aliphatic heterocycles. The molecule has 2 aromatic carbocycles. The van der Waals surface area contributed by atoms with E-state index in [1.165, 1.54) is 5.56 Å². The van der Waals surface area contributed by atoms with Gasteiger partial charge in [0.05, 0.1) is 10.8 Å². The molecule has 0 fully saturated rings. The van der Waals surface area contributed by atoms with Crippen LogP contribution in [0.15, 0.2) is 41.2 Å². The van der Waals surface area contributed by atoms with E-state index in [9.17, 15) is 4.79 Å². The molecule has 0 amide bonds. The molecule has 0 radical (unpaired) electrons. The Morgan fingerprint density at radius 1 is 1.18 bits per heavy atom. The number of hydrogen-bond acceptors (Lipinski definition) is 4. The van der Waals surface area contributed by atoms with Gasteiger partial charge in [0.2, 0.25) is 0 Å². The van der Waals surface area contributed by atoms with E-state index in [0.29, 0.717) is 11.1 Å². The molecule has 5 nitrogen and oxygen atoms in total. The third-order valence-electron chi connectivity index (χ3n) is 3.79. The van der Waals surface area contributed by atoms with Gasteiger partial charge in [-0.15, -0.1) is 0 Å². The maximum absolute atomic E-state index is 12.0. The smallest absolute Gasteiger partial charge is 0.272 e. The largest absolute Gasteiger partial charge is 0.456 e. The summed E-state index contributed by atoms with van der Waals surface area (Å²) in [7, 11) is 4.06. The summed E-state index contributed by atoms with van der Waals surface area (Å²) in [5.41, 5.74) is 2.66. The van der Waals surface area contributed by atoms with Crippen LogP contribution in [0.5, 0.6) is 11.5 Å². The maximum Gasteiger partial charge on any atom is 0.272 e. The van der Waals surface area contributed by atoms with Crippen LogP contribution in [0.4, 0.5) is 0 Å². The summed E-state index contributed by atoms with van der Waals surface area (Å²) in [4.78, 5) is 14.1. The summed E-state index contributed by atoms with van der Waals surface area (Å²) in [5.74, 6) is 1.45. The number of nitrogens with zero attached hydrogens (tertiary/aromatic N) is 2. The summed E-state index contributed by atoms with van der Waals surface area (Å²) >= 11 is 0. The molecule has 0 aliphatic carbocycles. The van der Waals surface area contributed by atoms with Gasteiger partial charge in [0.15, 0.2) is 0 Å². The Kier molecular flexibility index (Phi) is 2.77. The summed E-state index contributed by atoms with van der Waals surface area (Å²) in [6.07, 6.45) is 0. The van der Waals surface area contributed by atoms with Crippen molar-refractivity contribution < 1.29 is 4.74 Å². The zero-order valence-electron chi connectivity index (χ0n) is 12.4. The second-order valence-corrected chi connectivity index (χ2v) is 5.75. The average Bonchev–Trinajstić information content (AvgIpc) is 2.50. The molecule has 0 saturated carbocycles. The Hall–Kier alpha value is -2.66. The van der Waals surface area contributed by atoms with Gasteiger partial charge in [-0.2, -0.15) is 5.10 Å². The van der Waals surface area contributed by atoms with E-state index < -0.39 is 0 Å². The first-order valence-corrected chi connectivity index (χ1v) is 7.11. The van der Waals surface area contributed by atoms with Crippen molar-refractivity contribution in [1.82, 2.24) is 15.1 Å². The zero-order chi connectivity index (χ0) is 15.3. The van der Waals surface area contributed by atoms with Gasteiger partial charge in [0.1, 0.15) is 17.2 Å². The monoisotopic (exact) mass is 293 g/mol. The van der Waals surface area contributed by atoms with Crippen molar-refractivity contribution in [2.75, 3.05) is 14.1 Å². The molecule has 1 aromatic heterocycles. The van der Waals surface area contributed by atoms with Crippen LogP contribution >= 0.6 is 0 Å². The fourth-order valence-electron chi connectivity index (χ4n) is 2.90. The average molecular weight is 293 g/mol. The topological polar surface area (TPSA) is 58.2 Å². The molecule has 5 heteroatoms. The highest BCUT2D eigenvalue weighted by molar-refractivity contribution is 6.01. The van der Waals surface area contributed by atoms with Crippen LogP contribution in [0.3, 0.4) is 0 Å². The minimum Gasteiger partial charge on any atom is -0.456 e. The van der Waals surface area contributed by atoms with Gasteiger partial charge in [-0.1, -0.05) is 12.1 Å². The minimum absolute atomic E-state index is 0.197. The van der Waals surface area contributed by atoms with Crippen molar-refractivity contribution in [2.24, 2.45) is 0 Å². The summed E-state index contributed by atoms with van der Waals surface area (Å²) in [5, 5.41) is 8.23. The fraction of sp³-hybridized carbons (Fsp3) is 0.176. The molecule has 22 heavy (non-hydrogen) atoms. The van der Waals surface area contributed by atoms with E-state index in [0.717, 1.165) is 28.9 Å². The minimum atomic E-state index is -0.197. The highest BCUT2D eigenvalue weighted by Crippen LogP contribution is 2.44. The Balaban J connectivity index is 2.00. The van der Waals surface area contributed by atoms with Crippen molar-refractivity contribution in [3.63, 3.8) is 0 Å². The number of nitrogens with one attached hydrogen (secondary N) is 1. The van der Waals surface area contributed by atoms with Crippen LogP contribution in [0.1, 0.15) is 5.56 Å². The molecule has 110 valence electrons. The number of ether oxygens (including phenoxy) is 1. The van der Waals surface area contributed by atoms with Crippen molar-refractivity contribution in [1.29, 1.82) is 0 Å². The predicted octanol–water partition coefficient (Wildman–Crippen LogP) is 2.76. The third kappa shape index (κ3) is 1.90. The molecule has 3 aromatic rings. The summed E-state index contributed by atoms with van der Waals surface area (Å²) < 4.78 is 5.96. The van der Waals surface area contributed by atoms with Crippen molar-refractivity contribution >= 4 is 10.8 Å². The quantitative estimate of drug-likeness (QED) is 0.617. The Bertz CT molecular complexity index is 944. The van der Waals surface area contributed by atoms with E-state index in [1.807, 2.05) is 32.3 Å². The van der Waals surface area contributed by atoms with Crippen LogP contribution in [0.25, 0.3) is 22.0 Å². The SMILES string of the molecule is CN(C)Cc1ccc2c(c1)-c1n[nH]c(=O)c3cccc(c13)O2. The lowest BCUT2D eigenvalue weighted by atomic mass is 9.99. The second-order valence-electron chi connectivity index (χ2n) is 5.75. The lowest BCUT2D eigenvalue weighted by Crippen LogP contribution is -2.13. The molecule has 0 atom stereocenters. The van der Waals surface area contributed by atoms with Crippen LogP contribution in [0.2, 0.25) is 0 Å². The summed E-state index contributed by atoms with van der Waals surface area (Å²) in [6.45, 7) is 0.835. The standard InChI is InChI=1S/C17H15N3O2/c1-20(2)9-10-6-7-13-12(8-10)16-15-11(17(21)19-18-16)4-3-5-14(15)22-13/h3-8H,9H2,1-2H3,(H,19,21).